The van der Waals surface area contributed by atoms with E-state index in [1.54, 1.807) is 14.2 Å². The van der Waals surface area contributed by atoms with Crippen LogP contribution in [0.15, 0.2) is 18.2 Å². The van der Waals surface area contributed by atoms with E-state index in [4.69, 9.17) is 15.2 Å². The third kappa shape index (κ3) is 3.96. The topological polar surface area (TPSA) is 73.6 Å². The molecule has 5 heteroatoms. The zero-order valence-corrected chi connectivity index (χ0v) is 10.2. The molecule has 94 valence electrons. The van der Waals surface area contributed by atoms with Crippen molar-refractivity contribution in [1.82, 2.24) is 5.32 Å². The Kier molecular flexibility index (Phi) is 5.29. The van der Waals surface area contributed by atoms with E-state index >= 15 is 0 Å². The maximum atomic E-state index is 11.0. The Morgan fingerprint density at radius 2 is 2.12 bits per heavy atom. The maximum Gasteiger partial charge on any atom is 0.233 e. The predicted molar refractivity (Wildman–Crippen MR) is 65.3 cm³/mol. The first-order chi connectivity index (χ1) is 8.21. The molecular weight excluding hydrogens is 220 g/mol. The Bertz CT molecular complexity index is 380. The summed E-state index contributed by atoms with van der Waals surface area (Å²) in [5, 5.41) is 2.71. The minimum absolute atomic E-state index is 0.00917. The van der Waals surface area contributed by atoms with Crippen LogP contribution in [0.4, 0.5) is 0 Å². The summed E-state index contributed by atoms with van der Waals surface area (Å²) in [6.07, 6.45) is 0.673. The lowest BCUT2D eigenvalue weighted by molar-refractivity contribution is -0.119. The highest BCUT2D eigenvalue weighted by atomic mass is 16.5. The fourth-order valence-electron chi connectivity index (χ4n) is 1.49. The fraction of sp³-hybridized carbons (Fsp3) is 0.417. The molecule has 0 spiro atoms. The zero-order valence-electron chi connectivity index (χ0n) is 10.2. The summed E-state index contributed by atoms with van der Waals surface area (Å²) >= 11 is 0. The van der Waals surface area contributed by atoms with Gasteiger partial charge in [-0.3, -0.25) is 4.79 Å². The molecule has 0 aliphatic carbocycles. The van der Waals surface area contributed by atoms with Crippen molar-refractivity contribution in [3.05, 3.63) is 23.8 Å². The molecule has 17 heavy (non-hydrogen) atoms. The van der Waals surface area contributed by atoms with Crippen molar-refractivity contribution < 1.29 is 14.3 Å². The summed E-state index contributed by atoms with van der Waals surface area (Å²) < 4.78 is 10.4. The zero-order chi connectivity index (χ0) is 12.7. The maximum absolute atomic E-state index is 11.0. The summed E-state index contributed by atoms with van der Waals surface area (Å²) in [6, 6.07) is 5.58. The van der Waals surface area contributed by atoms with Gasteiger partial charge in [0.25, 0.3) is 0 Å². The average Bonchev–Trinajstić information content (AvgIpc) is 2.38. The van der Waals surface area contributed by atoms with Crippen LogP contribution in [0, 0.1) is 0 Å². The second kappa shape index (κ2) is 6.75. The van der Waals surface area contributed by atoms with Gasteiger partial charge in [0, 0.05) is 6.54 Å². The van der Waals surface area contributed by atoms with Gasteiger partial charge in [0.1, 0.15) is 11.5 Å². The fourth-order valence-corrected chi connectivity index (χ4v) is 1.49. The van der Waals surface area contributed by atoms with Gasteiger partial charge in [0.05, 0.1) is 20.8 Å². The number of nitrogens with two attached hydrogens (primary N) is 1. The molecular formula is C12H18N2O3. The van der Waals surface area contributed by atoms with E-state index in [1.807, 2.05) is 18.2 Å². The molecule has 5 nitrogen and oxygen atoms in total. The number of methoxy groups -OCH3 is 2. The minimum Gasteiger partial charge on any atom is -0.497 e. The third-order valence-corrected chi connectivity index (χ3v) is 2.39. The van der Waals surface area contributed by atoms with Crippen molar-refractivity contribution in [2.24, 2.45) is 5.73 Å². The van der Waals surface area contributed by atoms with Crippen LogP contribution >= 0.6 is 0 Å². The van der Waals surface area contributed by atoms with E-state index in [1.165, 1.54) is 0 Å². The SMILES string of the molecule is COc1ccc(OC)c(CCNC(=O)CN)c1. The average molecular weight is 238 g/mol. The third-order valence-electron chi connectivity index (χ3n) is 2.39. The summed E-state index contributed by atoms with van der Waals surface area (Å²) in [7, 11) is 3.23. The molecule has 0 saturated heterocycles. The van der Waals surface area contributed by atoms with E-state index in [-0.39, 0.29) is 12.5 Å². The molecule has 1 amide bonds. The minimum atomic E-state index is -0.160. The smallest absolute Gasteiger partial charge is 0.233 e. The first-order valence-corrected chi connectivity index (χ1v) is 5.39. The lowest BCUT2D eigenvalue weighted by Gasteiger charge is -2.10. The van der Waals surface area contributed by atoms with Crippen LogP contribution in [0.2, 0.25) is 0 Å². The molecule has 1 aromatic carbocycles. The molecule has 3 N–H and O–H groups in total. The highest BCUT2D eigenvalue weighted by Gasteiger charge is 2.05. The van der Waals surface area contributed by atoms with Crippen molar-refractivity contribution in [2.45, 2.75) is 6.42 Å². The molecule has 0 fully saturated rings. The van der Waals surface area contributed by atoms with Crippen LogP contribution < -0.4 is 20.5 Å². The van der Waals surface area contributed by atoms with Gasteiger partial charge in [-0.05, 0) is 30.2 Å². The first-order valence-electron chi connectivity index (χ1n) is 5.39. The molecule has 0 bridgehead atoms. The standard InChI is InChI=1S/C12H18N2O3/c1-16-10-3-4-11(17-2)9(7-10)5-6-14-12(15)8-13/h3-4,7H,5-6,8,13H2,1-2H3,(H,14,15). The van der Waals surface area contributed by atoms with Gasteiger partial charge in [-0.25, -0.2) is 0 Å². The first kappa shape index (κ1) is 13.3. The van der Waals surface area contributed by atoms with E-state index in [0.717, 1.165) is 17.1 Å². The van der Waals surface area contributed by atoms with E-state index in [9.17, 15) is 4.79 Å². The largest absolute Gasteiger partial charge is 0.497 e. The van der Waals surface area contributed by atoms with Crippen LogP contribution in [-0.2, 0) is 11.2 Å². The van der Waals surface area contributed by atoms with Crippen molar-refractivity contribution in [3.8, 4) is 11.5 Å². The van der Waals surface area contributed by atoms with Crippen molar-refractivity contribution >= 4 is 5.91 Å². The number of benzene rings is 1. The van der Waals surface area contributed by atoms with Crippen LogP contribution in [0.5, 0.6) is 11.5 Å². The molecule has 1 rings (SSSR count). The molecule has 0 aromatic heterocycles. The van der Waals surface area contributed by atoms with Crippen LogP contribution in [0.1, 0.15) is 5.56 Å². The Morgan fingerprint density at radius 1 is 1.35 bits per heavy atom. The molecule has 0 heterocycles. The molecule has 0 saturated carbocycles. The second-order valence-electron chi connectivity index (χ2n) is 3.48. The summed E-state index contributed by atoms with van der Waals surface area (Å²) in [6.45, 7) is 0.537. The number of ether oxygens (including phenoxy) is 2. The number of nitrogens with one attached hydrogen (secondary N) is 1. The van der Waals surface area contributed by atoms with E-state index < -0.39 is 0 Å². The lowest BCUT2D eigenvalue weighted by atomic mass is 10.1. The van der Waals surface area contributed by atoms with Gasteiger partial charge in [-0.15, -0.1) is 0 Å². The normalized spacial score (nSPS) is 9.82. The molecule has 0 aliphatic heterocycles. The quantitative estimate of drug-likeness (QED) is 0.748. The predicted octanol–water partition coefficient (Wildman–Crippen LogP) is 0.321. The number of carbonyl (C=O) groups is 1. The van der Waals surface area contributed by atoms with Gasteiger partial charge in [-0.2, -0.15) is 0 Å². The Morgan fingerprint density at radius 3 is 2.71 bits per heavy atom. The number of amides is 1. The van der Waals surface area contributed by atoms with Crippen LogP contribution in [-0.4, -0.2) is 33.2 Å². The van der Waals surface area contributed by atoms with Gasteiger partial charge in [-0.1, -0.05) is 0 Å². The van der Waals surface area contributed by atoms with Gasteiger partial charge in [0.15, 0.2) is 0 Å². The molecule has 0 radical (unpaired) electrons. The Labute approximate surface area is 101 Å². The van der Waals surface area contributed by atoms with Crippen molar-refractivity contribution in [3.63, 3.8) is 0 Å². The number of hydrogen-bond acceptors (Lipinski definition) is 4. The highest BCUT2D eigenvalue weighted by molar-refractivity contribution is 5.77. The van der Waals surface area contributed by atoms with Crippen molar-refractivity contribution in [2.75, 3.05) is 27.3 Å². The van der Waals surface area contributed by atoms with Crippen LogP contribution in [0.3, 0.4) is 0 Å². The van der Waals surface area contributed by atoms with Gasteiger partial charge < -0.3 is 20.5 Å². The molecule has 1 aromatic rings. The summed E-state index contributed by atoms with van der Waals surface area (Å²) in [5.74, 6) is 1.39. The Hall–Kier alpha value is -1.75. The number of carbonyl (C=O) groups excluding carboxylic acids is 1. The number of hydrogen-bond donors (Lipinski definition) is 2. The summed E-state index contributed by atoms with van der Waals surface area (Å²) in [5.41, 5.74) is 6.19. The monoisotopic (exact) mass is 238 g/mol. The molecule has 0 atom stereocenters. The summed E-state index contributed by atoms with van der Waals surface area (Å²) in [4.78, 5) is 11.0. The van der Waals surface area contributed by atoms with Gasteiger partial charge >= 0.3 is 0 Å². The molecule has 0 aliphatic rings. The van der Waals surface area contributed by atoms with E-state index in [2.05, 4.69) is 5.32 Å². The van der Waals surface area contributed by atoms with Crippen LogP contribution in [0.25, 0.3) is 0 Å². The number of rotatable bonds is 6. The van der Waals surface area contributed by atoms with E-state index in [0.29, 0.717) is 13.0 Å². The highest BCUT2D eigenvalue weighted by Crippen LogP contribution is 2.23. The van der Waals surface area contributed by atoms with Gasteiger partial charge in [0.2, 0.25) is 5.91 Å². The lowest BCUT2D eigenvalue weighted by Crippen LogP contribution is -2.31. The Balaban J connectivity index is 2.64. The van der Waals surface area contributed by atoms with Crippen molar-refractivity contribution in [1.29, 1.82) is 0 Å². The second-order valence-corrected chi connectivity index (χ2v) is 3.48. The molecule has 0 unspecified atom stereocenters.